The van der Waals surface area contributed by atoms with Crippen LogP contribution in [0.1, 0.15) is 12.8 Å². The van der Waals surface area contributed by atoms with Gasteiger partial charge in [0.1, 0.15) is 5.52 Å². The van der Waals surface area contributed by atoms with Gasteiger partial charge in [0.2, 0.25) is 5.91 Å². The van der Waals surface area contributed by atoms with E-state index in [9.17, 15) is 4.79 Å². The first-order valence-corrected chi connectivity index (χ1v) is 8.90. The highest BCUT2D eigenvalue weighted by Gasteiger charge is 2.42. The van der Waals surface area contributed by atoms with Crippen LogP contribution in [0, 0.1) is 5.41 Å². The molecule has 2 aromatic rings. The molecule has 1 aromatic carbocycles. The van der Waals surface area contributed by atoms with Crippen LogP contribution in [0.2, 0.25) is 0 Å². The molecule has 25 heavy (non-hydrogen) atoms. The number of anilines is 1. The molecule has 2 aliphatic heterocycles. The molecule has 4 rings (SSSR count). The van der Waals surface area contributed by atoms with Crippen molar-refractivity contribution >= 4 is 23.0 Å². The van der Waals surface area contributed by atoms with Crippen molar-refractivity contribution in [3.63, 3.8) is 0 Å². The monoisotopic (exact) mass is 344 g/mol. The first kappa shape index (κ1) is 16.4. The third-order valence-corrected chi connectivity index (χ3v) is 5.41. The van der Waals surface area contributed by atoms with Gasteiger partial charge in [0.25, 0.3) is 6.01 Å². The lowest BCUT2D eigenvalue weighted by molar-refractivity contribution is -0.147. The number of ether oxygens (including phenoxy) is 1. The first-order valence-electron chi connectivity index (χ1n) is 8.90. The number of carbonyl (C=O) groups excluding carboxylic acids is 1. The lowest BCUT2D eigenvalue weighted by Gasteiger charge is -2.42. The second-order valence-electron chi connectivity index (χ2n) is 6.84. The molecular formula is C18H24N4O3. The normalized spacial score (nSPS) is 20.8. The van der Waals surface area contributed by atoms with Gasteiger partial charge in [0, 0.05) is 45.9 Å². The Labute approximate surface area is 146 Å². The molecule has 1 amide bonds. The maximum absolute atomic E-state index is 13.0. The predicted molar refractivity (Wildman–Crippen MR) is 94.3 cm³/mol. The van der Waals surface area contributed by atoms with Crippen molar-refractivity contribution in [2.75, 3.05) is 50.8 Å². The van der Waals surface area contributed by atoms with Crippen LogP contribution in [-0.4, -0.2) is 61.7 Å². The summed E-state index contributed by atoms with van der Waals surface area (Å²) in [6.07, 6.45) is 1.43. The smallest absolute Gasteiger partial charge is 0.298 e. The van der Waals surface area contributed by atoms with Gasteiger partial charge in [-0.1, -0.05) is 12.1 Å². The van der Waals surface area contributed by atoms with Crippen molar-refractivity contribution in [1.29, 1.82) is 0 Å². The van der Waals surface area contributed by atoms with E-state index < -0.39 is 5.41 Å². The Balaban J connectivity index is 1.43. The molecule has 0 saturated carbocycles. The number of carbonyl (C=O) groups is 1. The highest BCUT2D eigenvalue weighted by atomic mass is 16.5. The van der Waals surface area contributed by atoms with Gasteiger partial charge in [-0.05, 0) is 25.0 Å². The van der Waals surface area contributed by atoms with E-state index in [2.05, 4.69) is 9.88 Å². The zero-order valence-electron chi connectivity index (χ0n) is 14.3. The minimum atomic E-state index is -0.446. The fourth-order valence-corrected chi connectivity index (χ4v) is 3.70. The predicted octanol–water partition coefficient (Wildman–Crippen LogP) is 1.23. The number of hydrogen-bond acceptors (Lipinski definition) is 6. The molecule has 2 aliphatic rings. The Kier molecular flexibility index (Phi) is 4.35. The van der Waals surface area contributed by atoms with Crippen molar-refractivity contribution in [3.05, 3.63) is 24.3 Å². The summed E-state index contributed by atoms with van der Waals surface area (Å²) in [4.78, 5) is 21.6. The van der Waals surface area contributed by atoms with Crippen LogP contribution < -0.4 is 10.6 Å². The lowest BCUT2D eigenvalue weighted by Crippen LogP contribution is -2.56. The van der Waals surface area contributed by atoms with Gasteiger partial charge in [-0.25, -0.2) is 0 Å². The van der Waals surface area contributed by atoms with E-state index in [4.69, 9.17) is 14.9 Å². The highest BCUT2D eigenvalue weighted by Crippen LogP contribution is 2.32. The molecule has 0 spiro atoms. The van der Waals surface area contributed by atoms with Crippen molar-refractivity contribution in [2.45, 2.75) is 12.8 Å². The van der Waals surface area contributed by atoms with E-state index in [0.29, 0.717) is 51.7 Å². The molecule has 3 heterocycles. The average Bonchev–Trinajstić information content (AvgIpc) is 3.12. The zero-order valence-corrected chi connectivity index (χ0v) is 14.3. The van der Waals surface area contributed by atoms with Crippen molar-refractivity contribution in [1.82, 2.24) is 9.88 Å². The van der Waals surface area contributed by atoms with Crippen LogP contribution in [0.15, 0.2) is 28.7 Å². The van der Waals surface area contributed by atoms with Gasteiger partial charge in [-0.15, -0.1) is 0 Å². The fourth-order valence-electron chi connectivity index (χ4n) is 3.70. The number of hydrogen-bond donors (Lipinski definition) is 1. The van der Waals surface area contributed by atoms with E-state index in [-0.39, 0.29) is 5.91 Å². The van der Waals surface area contributed by atoms with Crippen LogP contribution in [0.5, 0.6) is 0 Å². The minimum Gasteiger partial charge on any atom is -0.423 e. The topological polar surface area (TPSA) is 84.8 Å². The minimum absolute atomic E-state index is 0.176. The van der Waals surface area contributed by atoms with Gasteiger partial charge in [0.05, 0.1) is 5.41 Å². The molecule has 0 aliphatic carbocycles. The number of oxazole rings is 1. The van der Waals surface area contributed by atoms with Crippen molar-refractivity contribution < 1.29 is 13.9 Å². The van der Waals surface area contributed by atoms with Crippen molar-refractivity contribution in [3.8, 4) is 0 Å². The summed E-state index contributed by atoms with van der Waals surface area (Å²) in [5.74, 6) is 0.176. The number of benzene rings is 1. The quantitative estimate of drug-likeness (QED) is 0.901. The standard InChI is InChI=1S/C18H24N4O3/c19-13-18(5-11-24-12-6-18)16(23)21-7-9-22(10-8-21)17-20-14-3-1-2-4-15(14)25-17/h1-4H,5-13,19H2. The molecule has 2 N–H and O–H groups in total. The molecule has 0 bridgehead atoms. The Hall–Kier alpha value is -2.12. The number of piperazine rings is 1. The second-order valence-corrected chi connectivity index (χ2v) is 6.84. The molecule has 1 aromatic heterocycles. The van der Waals surface area contributed by atoms with E-state index >= 15 is 0 Å². The second kappa shape index (κ2) is 6.65. The fraction of sp³-hybridized carbons (Fsp3) is 0.556. The number of aromatic nitrogens is 1. The summed E-state index contributed by atoms with van der Waals surface area (Å²) in [6.45, 7) is 4.39. The van der Waals surface area contributed by atoms with Crippen LogP contribution in [0.3, 0.4) is 0 Å². The maximum atomic E-state index is 13.0. The summed E-state index contributed by atoms with van der Waals surface area (Å²) in [6, 6.07) is 8.38. The van der Waals surface area contributed by atoms with Crippen LogP contribution in [-0.2, 0) is 9.53 Å². The van der Waals surface area contributed by atoms with E-state index in [1.165, 1.54) is 0 Å². The third kappa shape index (κ3) is 2.98. The molecule has 2 saturated heterocycles. The zero-order chi connectivity index (χ0) is 17.3. The molecule has 7 nitrogen and oxygen atoms in total. The molecular weight excluding hydrogens is 320 g/mol. The van der Waals surface area contributed by atoms with Crippen molar-refractivity contribution in [2.24, 2.45) is 11.1 Å². The maximum Gasteiger partial charge on any atom is 0.298 e. The molecule has 0 unspecified atom stereocenters. The molecule has 0 radical (unpaired) electrons. The number of rotatable bonds is 3. The van der Waals surface area contributed by atoms with E-state index in [1.54, 1.807) is 0 Å². The molecule has 2 fully saturated rings. The van der Waals surface area contributed by atoms with Gasteiger partial charge in [-0.3, -0.25) is 4.79 Å². The first-order chi connectivity index (χ1) is 12.2. The van der Waals surface area contributed by atoms with Gasteiger partial charge >= 0.3 is 0 Å². The molecule has 7 heteroatoms. The SMILES string of the molecule is NCC1(C(=O)N2CCN(c3nc4ccccc4o3)CC2)CCOCC1. The highest BCUT2D eigenvalue weighted by molar-refractivity contribution is 5.83. The molecule has 0 atom stereocenters. The van der Waals surface area contributed by atoms with Crippen LogP contribution >= 0.6 is 0 Å². The number of nitrogens with zero attached hydrogens (tertiary/aromatic N) is 3. The lowest BCUT2D eigenvalue weighted by atomic mass is 9.78. The Morgan fingerprint density at radius 3 is 2.56 bits per heavy atom. The van der Waals surface area contributed by atoms with Gasteiger partial charge in [-0.2, -0.15) is 4.98 Å². The summed E-state index contributed by atoms with van der Waals surface area (Å²) in [7, 11) is 0. The van der Waals surface area contributed by atoms with Gasteiger partial charge in [0.15, 0.2) is 5.58 Å². The van der Waals surface area contributed by atoms with Crippen LogP contribution in [0.4, 0.5) is 6.01 Å². The Morgan fingerprint density at radius 2 is 1.88 bits per heavy atom. The third-order valence-electron chi connectivity index (χ3n) is 5.41. The van der Waals surface area contributed by atoms with E-state index in [0.717, 1.165) is 24.2 Å². The van der Waals surface area contributed by atoms with Gasteiger partial charge < -0.3 is 24.7 Å². The molecule has 134 valence electrons. The average molecular weight is 344 g/mol. The summed E-state index contributed by atoms with van der Waals surface area (Å²) in [5, 5.41) is 0. The number of para-hydroxylation sites is 2. The largest absolute Gasteiger partial charge is 0.423 e. The summed E-state index contributed by atoms with van der Waals surface area (Å²) < 4.78 is 11.2. The Bertz CT molecular complexity index is 713. The summed E-state index contributed by atoms with van der Waals surface area (Å²) >= 11 is 0. The Morgan fingerprint density at radius 1 is 1.16 bits per heavy atom. The van der Waals surface area contributed by atoms with Crippen LogP contribution in [0.25, 0.3) is 11.1 Å². The summed E-state index contributed by atoms with van der Waals surface area (Å²) in [5.41, 5.74) is 7.18. The number of amides is 1. The number of fused-ring (bicyclic) bond motifs is 1. The number of nitrogens with two attached hydrogens (primary N) is 1. The van der Waals surface area contributed by atoms with E-state index in [1.807, 2.05) is 29.2 Å².